The smallest absolute Gasteiger partial charge is 0.0465 e. The maximum Gasteiger partial charge on any atom is 0.0465 e. The average Bonchev–Trinajstić information content (AvgIpc) is 4.18. The number of benzene rings is 14. The minimum Gasteiger partial charge on any atom is -0.310 e. The molecule has 2 nitrogen and oxygen atoms in total. The van der Waals surface area contributed by atoms with Crippen LogP contribution < -0.4 is 9.80 Å². The van der Waals surface area contributed by atoms with E-state index in [4.69, 9.17) is 0 Å². The highest BCUT2D eigenvalue weighted by molar-refractivity contribution is 7.25. The molecule has 0 atom stereocenters. The van der Waals surface area contributed by atoms with Crippen LogP contribution in [0.5, 0.6) is 0 Å². The number of fused-ring (bicyclic) bond motifs is 13. The van der Waals surface area contributed by atoms with Crippen molar-refractivity contribution in [3.05, 3.63) is 302 Å². The van der Waals surface area contributed by atoms with E-state index in [2.05, 4.69) is 315 Å². The average molecular weight is 1060 g/mol. The van der Waals surface area contributed by atoms with Crippen molar-refractivity contribution in [3.63, 3.8) is 0 Å². The van der Waals surface area contributed by atoms with Crippen LogP contribution in [-0.2, 0) is 5.41 Å². The van der Waals surface area contributed by atoms with Crippen LogP contribution in [0, 0.1) is 0 Å². The number of thiophene rings is 1. The third-order valence-electron chi connectivity index (χ3n) is 17.4. The molecule has 0 saturated carbocycles. The Kier molecular flexibility index (Phi) is 11.1. The lowest BCUT2D eigenvalue weighted by molar-refractivity contribution is 0.660. The highest BCUT2D eigenvalue weighted by Crippen LogP contribution is 2.53. The summed E-state index contributed by atoms with van der Waals surface area (Å²) in [5.74, 6) is 0. The normalized spacial score (nSPS) is 12.6. The Morgan fingerprint density at radius 3 is 1.15 bits per heavy atom. The van der Waals surface area contributed by atoms with Crippen LogP contribution in [0.25, 0.3) is 108 Å². The standard InChI is InChI=1S/C79H54N2S/c1-79(2)75-49-59(80(55-17-5-3-6-18-55)56-19-7-4-8-20-56)39-42-70(75)71-43-40-60(50-76(71)79)81(57-35-29-51(30-36-57)53-33-41-69-67-25-12-11-23-65(67)66-24-13-14-26-68(66)73(69)47-53)58-37-31-52(32-38-58)61-44-45-62(64-22-10-9-21-63(61)64)54-34-46-78-74(48-54)72-27-15-16-28-77(72)82-78/h3-50H,1-2H3. The lowest BCUT2D eigenvalue weighted by atomic mass is 9.82. The van der Waals surface area contributed by atoms with Gasteiger partial charge in [0.25, 0.3) is 0 Å². The quantitative estimate of drug-likeness (QED) is 0.133. The molecule has 0 radical (unpaired) electrons. The number of rotatable bonds is 9. The van der Waals surface area contributed by atoms with Crippen LogP contribution in [-0.4, -0.2) is 0 Å². The molecular weight excluding hydrogens is 1010 g/mol. The highest BCUT2D eigenvalue weighted by atomic mass is 32.1. The minimum absolute atomic E-state index is 0.281. The second kappa shape index (κ2) is 19.1. The van der Waals surface area contributed by atoms with Gasteiger partial charge in [-0.15, -0.1) is 11.3 Å². The zero-order valence-electron chi connectivity index (χ0n) is 45.5. The van der Waals surface area contributed by atoms with Crippen molar-refractivity contribution in [3.8, 4) is 44.5 Å². The fraction of sp³-hybridized carbons (Fsp3) is 0.0380. The third-order valence-corrected chi connectivity index (χ3v) is 18.6. The molecule has 0 amide bonds. The summed E-state index contributed by atoms with van der Waals surface area (Å²) >= 11 is 1.87. The largest absolute Gasteiger partial charge is 0.310 e. The van der Waals surface area contributed by atoms with E-state index >= 15 is 0 Å². The Labute approximate surface area is 481 Å². The van der Waals surface area contributed by atoms with Crippen LogP contribution in [0.1, 0.15) is 25.0 Å². The second-order valence-electron chi connectivity index (χ2n) is 22.4. The maximum absolute atomic E-state index is 2.45. The SMILES string of the molecule is CC1(C)c2cc(N(c3ccccc3)c3ccccc3)ccc2-c2ccc(N(c3ccc(-c4ccc5c6ccccc6c6ccccc6c5c4)cc3)c3ccc(-c4ccc(-c5ccc6sc7ccccc7c6c5)c5ccccc45)cc3)cc21. The predicted molar refractivity (Wildman–Crippen MR) is 353 cm³/mol. The van der Waals surface area contributed by atoms with E-state index in [0.29, 0.717) is 0 Å². The lowest BCUT2D eigenvalue weighted by Gasteiger charge is -2.29. The van der Waals surface area contributed by atoms with Crippen LogP contribution in [0.3, 0.4) is 0 Å². The van der Waals surface area contributed by atoms with Gasteiger partial charge in [0.15, 0.2) is 0 Å². The van der Waals surface area contributed by atoms with Crippen LogP contribution in [0.2, 0.25) is 0 Å². The van der Waals surface area contributed by atoms with Crippen LogP contribution in [0.4, 0.5) is 34.1 Å². The van der Waals surface area contributed by atoms with Gasteiger partial charge in [-0.2, -0.15) is 0 Å². The van der Waals surface area contributed by atoms with E-state index in [1.54, 1.807) is 0 Å². The van der Waals surface area contributed by atoms with Crippen LogP contribution >= 0.6 is 11.3 Å². The summed E-state index contributed by atoms with van der Waals surface area (Å²) in [6.45, 7) is 4.78. The van der Waals surface area contributed by atoms with E-state index in [0.717, 1.165) is 34.1 Å². The first-order valence-electron chi connectivity index (χ1n) is 28.4. The van der Waals surface area contributed by atoms with E-state index in [-0.39, 0.29) is 5.41 Å². The molecule has 1 heterocycles. The first-order valence-corrected chi connectivity index (χ1v) is 29.2. The molecule has 0 spiro atoms. The van der Waals surface area contributed by atoms with E-state index in [1.807, 2.05) is 11.3 Å². The van der Waals surface area contributed by atoms with Gasteiger partial charge in [-0.3, -0.25) is 0 Å². The molecule has 0 N–H and O–H groups in total. The van der Waals surface area contributed by atoms with Gasteiger partial charge in [-0.25, -0.2) is 0 Å². The molecule has 0 fully saturated rings. The first-order chi connectivity index (χ1) is 40.4. The molecule has 1 aliphatic rings. The molecule has 3 heteroatoms. The van der Waals surface area contributed by atoms with Gasteiger partial charge in [0.2, 0.25) is 0 Å². The number of nitrogens with zero attached hydrogens (tertiary/aromatic N) is 2. The highest BCUT2D eigenvalue weighted by Gasteiger charge is 2.37. The van der Waals surface area contributed by atoms with Crippen molar-refractivity contribution in [2.45, 2.75) is 19.3 Å². The van der Waals surface area contributed by atoms with Gasteiger partial charge in [0.05, 0.1) is 0 Å². The molecular formula is C79H54N2S. The zero-order chi connectivity index (χ0) is 54.5. The molecule has 0 saturated heterocycles. The Morgan fingerprint density at radius 1 is 0.232 bits per heavy atom. The molecule has 0 bridgehead atoms. The van der Waals surface area contributed by atoms with E-state index in [1.165, 1.54) is 119 Å². The molecule has 0 unspecified atom stereocenters. The van der Waals surface area contributed by atoms with Crippen molar-refractivity contribution < 1.29 is 0 Å². The second-order valence-corrected chi connectivity index (χ2v) is 23.5. The van der Waals surface area contributed by atoms with Crippen molar-refractivity contribution in [1.82, 2.24) is 0 Å². The van der Waals surface area contributed by atoms with Crippen molar-refractivity contribution >= 4 is 109 Å². The molecule has 1 aromatic heterocycles. The van der Waals surface area contributed by atoms with Gasteiger partial charge in [0.1, 0.15) is 0 Å². The summed E-state index contributed by atoms with van der Waals surface area (Å²) in [6, 6.07) is 108. The fourth-order valence-corrected chi connectivity index (χ4v) is 14.5. The summed E-state index contributed by atoms with van der Waals surface area (Å²) in [7, 11) is 0. The van der Waals surface area contributed by atoms with Gasteiger partial charge in [0, 0.05) is 59.7 Å². The Morgan fingerprint density at radius 2 is 0.598 bits per heavy atom. The Bertz CT molecular complexity index is 4920. The van der Waals surface area contributed by atoms with Crippen LogP contribution in [0.15, 0.2) is 291 Å². The third kappa shape index (κ3) is 7.76. The zero-order valence-corrected chi connectivity index (χ0v) is 46.3. The molecule has 16 rings (SSSR count). The summed E-state index contributed by atoms with van der Waals surface area (Å²) in [4.78, 5) is 4.81. The lowest BCUT2D eigenvalue weighted by Crippen LogP contribution is -2.17. The molecule has 82 heavy (non-hydrogen) atoms. The monoisotopic (exact) mass is 1060 g/mol. The fourth-order valence-electron chi connectivity index (χ4n) is 13.4. The Balaban J connectivity index is 0.796. The summed E-state index contributed by atoms with van der Waals surface area (Å²) < 4.78 is 2.65. The number of hydrogen-bond acceptors (Lipinski definition) is 3. The first kappa shape index (κ1) is 47.9. The predicted octanol–water partition coefficient (Wildman–Crippen LogP) is 22.9. The number of para-hydroxylation sites is 2. The van der Waals surface area contributed by atoms with Crippen molar-refractivity contribution in [2.75, 3.05) is 9.80 Å². The molecule has 15 aromatic rings. The maximum atomic E-state index is 2.45. The summed E-state index contributed by atoms with van der Waals surface area (Å²) in [5.41, 5.74) is 18.9. The molecule has 1 aliphatic carbocycles. The van der Waals surface area contributed by atoms with Gasteiger partial charge < -0.3 is 9.80 Å². The minimum atomic E-state index is -0.281. The summed E-state index contributed by atoms with van der Waals surface area (Å²) in [6.07, 6.45) is 0. The molecule has 0 aliphatic heterocycles. The Hall–Kier alpha value is -10.1. The van der Waals surface area contributed by atoms with Crippen molar-refractivity contribution in [2.24, 2.45) is 0 Å². The topological polar surface area (TPSA) is 6.48 Å². The molecule has 386 valence electrons. The van der Waals surface area contributed by atoms with E-state index < -0.39 is 0 Å². The molecule has 14 aromatic carbocycles. The summed E-state index contributed by atoms with van der Waals surface area (Å²) in [5, 5.41) is 12.8. The van der Waals surface area contributed by atoms with Gasteiger partial charge in [-0.05, 0) is 196 Å². The van der Waals surface area contributed by atoms with Gasteiger partial charge >= 0.3 is 0 Å². The number of anilines is 6. The van der Waals surface area contributed by atoms with E-state index in [9.17, 15) is 0 Å². The van der Waals surface area contributed by atoms with Crippen molar-refractivity contribution in [1.29, 1.82) is 0 Å². The number of hydrogen-bond donors (Lipinski definition) is 0. The van der Waals surface area contributed by atoms with Gasteiger partial charge in [-0.1, -0.05) is 208 Å².